The highest BCUT2D eigenvalue weighted by atomic mass is 17.2. The SMILES string of the molecule is c1ccc(CC23OC4(Cc5ccccc5)OC5(Cc6ccccc6)OC(Cc6ccccc6)(O2)OC2(Cc6ccccc6)OC(Cc6ccccc6)(O3)OC(Cc3ccccc3)(O4)OC(Cc3ccccc3)(O5)O2)cc1. The van der Waals surface area contributed by atoms with E-state index in [0.717, 1.165) is 44.5 Å². The van der Waals surface area contributed by atoms with E-state index in [1.807, 2.05) is 243 Å². The molecular formula is C64H56O12. The molecule has 8 aromatic carbocycles. The molecule has 12 heteroatoms. The fourth-order valence-corrected chi connectivity index (χ4v) is 11.0. The van der Waals surface area contributed by atoms with Gasteiger partial charge in [0.05, 0.1) is 51.4 Å². The third-order valence-electron chi connectivity index (χ3n) is 13.8. The second kappa shape index (κ2) is 19.7. The van der Waals surface area contributed by atoms with Crippen LogP contribution >= 0.6 is 0 Å². The average Bonchev–Trinajstić information content (AvgIpc) is 3.44. The van der Waals surface area contributed by atoms with Gasteiger partial charge in [-0.25, -0.2) is 0 Å². The molecule has 12 nitrogen and oxygen atoms in total. The lowest BCUT2D eigenvalue weighted by atomic mass is 10.0. The Labute approximate surface area is 441 Å². The normalized spacial score (nSPS) is 31.4. The second-order valence-corrected chi connectivity index (χ2v) is 20.0. The molecule has 6 aliphatic rings. The van der Waals surface area contributed by atoms with Crippen molar-refractivity contribution in [2.45, 2.75) is 99.2 Å². The van der Waals surface area contributed by atoms with Crippen LogP contribution in [0, 0.1) is 0 Å². The highest BCUT2D eigenvalue weighted by Gasteiger charge is 2.77. The van der Waals surface area contributed by atoms with Crippen LogP contribution in [0.2, 0.25) is 0 Å². The van der Waals surface area contributed by atoms with E-state index in [-0.39, 0.29) is 51.4 Å². The van der Waals surface area contributed by atoms with E-state index in [0.29, 0.717) is 0 Å². The minimum Gasteiger partial charge on any atom is -0.269 e. The number of rotatable bonds is 16. The van der Waals surface area contributed by atoms with Crippen LogP contribution in [0.5, 0.6) is 0 Å². The Morgan fingerprint density at radius 1 is 0.145 bits per heavy atom. The maximum atomic E-state index is 7.78. The van der Waals surface area contributed by atoms with E-state index >= 15 is 0 Å². The number of hydrogen-bond acceptors (Lipinski definition) is 12. The van der Waals surface area contributed by atoms with Crippen LogP contribution in [-0.4, -0.2) is 47.8 Å². The lowest BCUT2D eigenvalue weighted by molar-refractivity contribution is -0.790. The maximum absolute atomic E-state index is 7.78. The second-order valence-electron chi connectivity index (χ2n) is 20.0. The third kappa shape index (κ3) is 10.3. The lowest BCUT2D eigenvalue weighted by Gasteiger charge is -2.66. The summed E-state index contributed by atoms with van der Waals surface area (Å²) in [5.41, 5.74) is 5.94. The summed E-state index contributed by atoms with van der Waals surface area (Å²) < 4.78 is 93.4. The molecule has 0 saturated carbocycles. The standard InChI is InChI=1S/C64H56O12/c1-9-25-49(26-10-1)41-57-65-58(42-50-27-11-2-12-28-50)68-61(45-53-33-17-5-18-34-53)70-59(66-57,43-51-29-13-3-14-30-51)72-63(47-55-37-21-7-22-38-55)73-60(67-57,44-52-31-15-4-16-32-52)71-62(69-58,46-54-35-19-6-20-36-54)75-64(74-61,76-63)48-56-39-23-8-24-40-56/h1-40H,41-48H2. The summed E-state index contributed by atoms with van der Waals surface area (Å²) in [6.07, 6.45) is -0.943. The van der Waals surface area contributed by atoms with Crippen molar-refractivity contribution in [2.75, 3.05) is 0 Å². The fourth-order valence-electron chi connectivity index (χ4n) is 11.0. The van der Waals surface area contributed by atoms with Gasteiger partial charge in [-0.2, -0.15) is 0 Å². The van der Waals surface area contributed by atoms with Gasteiger partial charge in [-0.1, -0.05) is 243 Å². The molecule has 8 bridgehead atoms. The minimum atomic E-state index is -2.34. The van der Waals surface area contributed by atoms with Crippen LogP contribution in [0.15, 0.2) is 243 Å². The highest BCUT2D eigenvalue weighted by Crippen LogP contribution is 2.60. The van der Waals surface area contributed by atoms with Gasteiger partial charge in [0, 0.05) is 0 Å². The molecule has 0 unspecified atom stereocenters. The van der Waals surface area contributed by atoms with Crippen LogP contribution in [0.4, 0.5) is 0 Å². The molecule has 6 aliphatic heterocycles. The molecule has 0 aromatic heterocycles. The minimum absolute atomic E-state index is 0.118. The first-order valence-corrected chi connectivity index (χ1v) is 25.8. The van der Waals surface area contributed by atoms with E-state index in [1.54, 1.807) is 0 Å². The quantitative estimate of drug-likeness (QED) is 0.0919. The molecule has 6 heterocycles. The molecule has 8 aromatic rings. The summed E-state index contributed by atoms with van der Waals surface area (Å²) in [4.78, 5) is 0. The lowest BCUT2D eigenvalue weighted by Crippen LogP contribution is -2.81. The van der Waals surface area contributed by atoms with Crippen molar-refractivity contribution in [1.82, 2.24) is 0 Å². The van der Waals surface area contributed by atoms with E-state index in [4.69, 9.17) is 56.8 Å². The first-order chi connectivity index (χ1) is 37.1. The van der Waals surface area contributed by atoms with Gasteiger partial charge in [0.2, 0.25) is 0 Å². The van der Waals surface area contributed by atoms with Crippen molar-refractivity contribution >= 4 is 0 Å². The topological polar surface area (TPSA) is 111 Å². The zero-order valence-electron chi connectivity index (χ0n) is 41.6. The Hall–Kier alpha value is -6.72. The summed E-state index contributed by atoms with van der Waals surface area (Å²) in [5, 5.41) is 0. The predicted molar refractivity (Wildman–Crippen MR) is 276 cm³/mol. The van der Waals surface area contributed by atoms with Gasteiger partial charge in [0.15, 0.2) is 0 Å². The molecule has 6 saturated heterocycles. The van der Waals surface area contributed by atoms with E-state index in [2.05, 4.69) is 0 Å². The van der Waals surface area contributed by atoms with Crippen molar-refractivity contribution in [3.05, 3.63) is 287 Å². The molecular weight excluding hydrogens is 961 g/mol. The molecule has 0 aliphatic carbocycles. The molecule has 0 radical (unpaired) electrons. The van der Waals surface area contributed by atoms with Crippen molar-refractivity contribution < 1.29 is 56.8 Å². The first-order valence-electron chi connectivity index (χ1n) is 25.8. The van der Waals surface area contributed by atoms with Crippen molar-refractivity contribution in [3.63, 3.8) is 0 Å². The summed E-state index contributed by atoms with van der Waals surface area (Å²) in [7, 11) is 0. The summed E-state index contributed by atoms with van der Waals surface area (Å²) in [5.74, 6) is -18.7. The Morgan fingerprint density at radius 2 is 0.237 bits per heavy atom. The molecule has 6 fully saturated rings. The van der Waals surface area contributed by atoms with Gasteiger partial charge in [0.1, 0.15) is 0 Å². The molecule has 0 N–H and O–H groups in total. The first kappa shape index (κ1) is 48.9. The predicted octanol–water partition coefficient (Wildman–Crippen LogP) is 11.4. The van der Waals surface area contributed by atoms with E-state index < -0.39 is 47.8 Å². The number of hydrogen-bond donors (Lipinski definition) is 0. The zero-order chi connectivity index (χ0) is 51.0. The van der Waals surface area contributed by atoms with Crippen LogP contribution in [0.3, 0.4) is 0 Å². The van der Waals surface area contributed by atoms with Crippen molar-refractivity contribution in [2.24, 2.45) is 0 Å². The summed E-state index contributed by atoms with van der Waals surface area (Å²) in [6, 6.07) is 77.7. The number of ether oxygens (including phenoxy) is 12. The van der Waals surface area contributed by atoms with Crippen LogP contribution < -0.4 is 0 Å². The van der Waals surface area contributed by atoms with Gasteiger partial charge in [-0.05, 0) is 44.5 Å². The van der Waals surface area contributed by atoms with Crippen LogP contribution in [0.1, 0.15) is 44.5 Å². The van der Waals surface area contributed by atoms with Gasteiger partial charge < -0.3 is 0 Å². The summed E-state index contributed by atoms with van der Waals surface area (Å²) in [6.45, 7) is 0. The van der Waals surface area contributed by atoms with Gasteiger partial charge in [-0.15, -0.1) is 0 Å². The number of benzene rings is 8. The van der Waals surface area contributed by atoms with E-state index in [9.17, 15) is 0 Å². The van der Waals surface area contributed by atoms with Gasteiger partial charge in [-0.3, -0.25) is 56.8 Å². The Morgan fingerprint density at radius 3 is 0.329 bits per heavy atom. The van der Waals surface area contributed by atoms with Gasteiger partial charge >= 0.3 is 0 Å². The molecule has 76 heavy (non-hydrogen) atoms. The smallest absolute Gasteiger partial charge is 0.269 e. The molecule has 14 rings (SSSR count). The summed E-state index contributed by atoms with van der Waals surface area (Å²) >= 11 is 0. The largest absolute Gasteiger partial charge is 0.299 e. The van der Waals surface area contributed by atoms with Crippen LogP contribution in [-0.2, 0) is 108 Å². The average molecular weight is 1020 g/mol. The monoisotopic (exact) mass is 1020 g/mol. The fraction of sp³-hybridized carbons (Fsp3) is 0.250. The third-order valence-corrected chi connectivity index (χ3v) is 13.8. The Balaban J connectivity index is 1.15. The maximum Gasteiger partial charge on any atom is 0.299 e. The Bertz CT molecular complexity index is 2470. The molecule has 0 amide bonds. The van der Waals surface area contributed by atoms with Crippen molar-refractivity contribution in [1.29, 1.82) is 0 Å². The zero-order valence-corrected chi connectivity index (χ0v) is 41.6. The van der Waals surface area contributed by atoms with Crippen molar-refractivity contribution in [3.8, 4) is 0 Å². The van der Waals surface area contributed by atoms with Crippen LogP contribution in [0.25, 0.3) is 0 Å². The Kier molecular flexibility index (Phi) is 12.7. The molecule has 0 atom stereocenters. The molecule has 0 spiro atoms. The van der Waals surface area contributed by atoms with E-state index in [1.165, 1.54) is 0 Å². The van der Waals surface area contributed by atoms with Gasteiger partial charge in [0.25, 0.3) is 47.8 Å². The molecule has 384 valence electrons. The highest BCUT2D eigenvalue weighted by molar-refractivity contribution is 5.25.